The maximum atomic E-state index is 14.5. The van der Waals surface area contributed by atoms with Crippen LogP contribution in [-0.4, -0.2) is 64.1 Å². The number of anilines is 1. The van der Waals surface area contributed by atoms with E-state index in [0.29, 0.717) is 4.57 Å². The second kappa shape index (κ2) is 9.45. The molecule has 0 radical (unpaired) electrons. The molecule has 2 rings (SSSR count). The van der Waals surface area contributed by atoms with E-state index < -0.39 is 54.8 Å². The van der Waals surface area contributed by atoms with Gasteiger partial charge in [0.2, 0.25) is 6.23 Å². The lowest BCUT2D eigenvalue weighted by atomic mass is 10.1. The average molecular weight is 434 g/mol. The number of aliphatic hydroxyl groups is 1. The molecule has 0 aromatic carbocycles. The number of aromatic nitrogens is 2. The smallest absolute Gasteiger partial charge is 0.412 e. The predicted molar refractivity (Wildman–Crippen MR) is 97.8 cm³/mol. The van der Waals surface area contributed by atoms with Crippen molar-refractivity contribution in [1.29, 1.82) is 0 Å². The van der Waals surface area contributed by atoms with Crippen molar-refractivity contribution in [1.82, 2.24) is 9.55 Å². The summed E-state index contributed by atoms with van der Waals surface area (Å²) < 4.78 is 44.1. The van der Waals surface area contributed by atoms with E-state index in [0.717, 1.165) is 12.3 Å². The molecule has 1 aliphatic rings. The standard InChI is InChI=1S/C17H24F2N4O7/c1-4-28-16(27)22-10-5-6-23(15(26)21-10)14-17(18,19)12(24)9(30-14)7-29-13(25)11(20)8(2)3/h5-6,8-9,11-12,14,24H,4,7,20H2,1-3H3,(H,21,22,26,27)/t9-,11+,12-,14-/m1/s1. The maximum Gasteiger partial charge on any atom is 0.412 e. The number of ether oxygens (including phenoxy) is 3. The third-order valence-corrected chi connectivity index (χ3v) is 4.35. The summed E-state index contributed by atoms with van der Waals surface area (Å²) >= 11 is 0. The third-order valence-electron chi connectivity index (χ3n) is 4.35. The van der Waals surface area contributed by atoms with Crippen LogP contribution >= 0.6 is 0 Å². The molecule has 1 saturated heterocycles. The normalized spacial score (nSPS) is 23.8. The average Bonchev–Trinajstić information content (AvgIpc) is 2.89. The molecule has 0 bridgehead atoms. The van der Waals surface area contributed by atoms with Crippen molar-refractivity contribution in [2.24, 2.45) is 11.7 Å². The molecule has 1 amide bonds. The Hall–Kier alpha value is -2.64. The van der Waals surface area contributed by atoms with Crippen molar-refractivity contribution in [2.45, 2.75) is 51.2 Å². The van der Waals surface area contributed by atoms with Gasteiger partial charge >= 0.3 is 23.7 Å². The molecule has 11 nitrogen and oxygen atoms in total. The highest BCUT2D eigenvalue weighted by Crippen LogP contribution is 2.42. The minimum Gasteiger partial charge on any atom is -0.462 e. The summed E-state index contributed by atoms with van der Waals surface area (Å²) in [6, 6.07) is 0.116. The first-order valence-corrected chi connectivity index (χ1v) is 9.15. The van der Waals surface area contributed by atoms with Crippen LogP contribution in [0.1, 0.15) is 27.0 Å². The van der Waals surface area contributed by atoms with Gasteiger partial charge in [-0.05, 0) is 18.9 Å². The number of amides is 1. The van der Waals surface area contributed by atoms with Crippen molar-refractivity contribution in [3.63, 3.8) is 0 Å². The summed E-state index contributed by atoms with van der Waals surface area (Å²) in [5, 5.41) is 12.1. The lowest BCUT2D eigenvalue weighted by molar-refractivity contribution is -0.153. The van der Waals surface area contributed by atoms with E-state index in [-0.39, 0.29) is 18.3 Å². The molecule has 168 valence electrons. The summed E-state index contributed by atoms with van der Waals surface area (Å²) in [5.74, 6) is -5.18. The highest BCUT2D eigenvalue weighted by atomic mass is 19.3. The van der Waals surface area contributed by atoms with Crippen molar-refractivity contribution in [3.05, 3.63) is 22.7 Å². The van der Waals surface area contributed by atoms with Crippen LogP contribution in [0.15, 0.2) is 17.1 Å². The van der Waals surface area contributed by atoms with Gasteiger partial charge in [0.15, 0.2) is 6.10 Å². The van der Waals surface area contributed by atoms with Gasteiger partial charge in [0.25, 0.3) is 0 Å². The number of rotatable bonds is 7. The minimum atomic E-state index is -3.89. The first-order chi connectivity index (χ1) is 14.0. The van der Waals surface area contributed by atoms with Crippen molar-refractivity contribution < 1.29 is 37.7 Å². The second-order valence-corrected chi connectivity index (χ2v) is 6.89. The first-order valence-electron chi connectivity index (χ1n) is 9.15. The molecule has 13 heteroatoms. The number of halogens is 2. The van der Waals surface area contributed by atoms with Gasteiger partial charge in [0.05, 0.1) is 6.61 Å². The molecular weight excluding hydrogens is 410 g/mol. The van der Waals surface area contributed by atoms with Gasteiger partial charge < -0.3 is 25.1 Å². The number of hydrogen-bond donors (Lipinski definition) is 3. The Morgan fingerprint density at radius 2 is 2.10 bits per heavy atom. The Balaban J connectivity index is 2.13. The van der Waals surface area contributed by atoms with Crippen LogP contribution < -0.4 is 16.7 Å². The molecule has 30 heavy (non-hydrogen) atoms. The molecule has 0 saturated carbocycles. The Bertz CT molecular complexity index is 833. The topological polar surface area (TPSA) is 155 Å². The van der Waals surface area contributed by atoms with Gasteiger partial charge in [-0.15, -0.1) is 0 Å². The van der Waals surface area contributed by atoms with Gasteiger partial charge in [-0.25, -0.2) is 9.59 Å². The van der Waals surface area contributed by atoms with Crippen molar-refractivity contribution in [2.75, 3.05) is 18.5 Å². The molecule has 1 fully saturated rings. The van der Waals surface area contributed by atoms with Gasteiger partial charge in [-0.2, -0.15) is 13.8 Å². The molecule has 1 aromatic heterocycles. The van der Waals surface area contributed by atoms with Crippen LogP contribution in [0.5, 0.6) is 0 Å². The van der Waals surface area contributed by atoms with Crippen molar-refractivity contribution in [3.8, 4) is 0 Å². The Kier molecular flexibility index (Phi) is 7.44. The van der Waals surface area contributed by atoms with Crippen LogP contribution in [0.3, 0.4) is 0 Å². The highest BCUT2D eigenvalue weighted by molar-refractivity contribution is 5.83. The summed E-state index contributed by atoms with van der Waals surface area (Å²) in [6.07, 6.45) is -6.11. The zero-order chi connectivity index (χ0) is 22.6. The number of esters is 1. The van der Waals surface area contributed by atoms with Crippen LogP contribution in [-0.2, 0) is 19.0 Å². The van der Waals surface area contributed by atoms with Gasteiger partial charge in [0, 0.05) is 6.20 Å². The van der Waals surface area contributed by atoms with Crippen molar-refractivity contribution >= 4 is 17.9 Å². The summed E-state index contributed by atoms with van der Waals surface area (Å²) in [5.41, 5.74) is 4.45. The van der Waals surface area contributed by atoms with E-state index in [2.05, 4.69) is 15.0 Å². The number of nitrogens with one attached hydrogen (secondary N) is 1. The lowest BCUT2D eigenvalue weighted by Crippen LogP contribution is -2.43. The SMILES string of the molecule is CCOC(=O)Nc1ccn([C@@H]2O[C@H](COC(=O)[C@@H](N)C(C)C)[C@@H](O)C2(F)F)c(=O)n1. The largest absolute Gasteiger partial charge is 0.462 e. The van der Waals surface area contributed by atoms with E-state index in [1.807, 2.05) is 0 Å². The van der Waals surface area contributed by atoms with E-state index in [9.17, 15) is 28.3 Å². The van der Waals surface area contributed by atoms with Crippen LogP contribution in [0.2, 0.25) is 0 Å². The Labute approximate surface area is 170 Å². The van der Waals surface area contributed by atoms with Crippen LogP contribution in [0.4, 0.5) is 19.4 Å². The summed E-state index contributed by atoms with van der Waals surface area (Å²) in [7, 11) is 0. The van der Waals surface area contributed by atoms with Gasteiger partial charge in [-0.3, -0.25) is 14.7 Å². The van der Waals surface area contributed by atoms with E-state index in [4.69, 9.17) is 15.2 Å². The van der Waals surface area contributed by atoms with Crippen LogP contribution in [0.25, 0.3) is 0 Å². The molecule has 1 aliphatic heterocycles. The van der Waals surface area contributed by atoms with Gasteiger partial charge in [0.1, 0.15) is 24.6 Å². The minimum absolute atomic E-state index is 0.0803. The first kappa shape index (κ1) is 23.6. The predicted octanol–water partition coefficient (Wildman–Crippen LogP) is 0.232. The summed E-state index contributed by atoms with van der Waals surface area (Å²) in [6.45, 7) is 4.32. The number of aliphatic hydroxyl groups excluding tert-OH is 1. The second-order valence-electron chi connectivity index (χ2n) is 6.89. The summed E-state index contributed by atoms with van der Waals surface area (Å²) in [4.78, 5) is 38.8. The zero-order valence-corrected chi connectivity index (χ0v) is 16.6. The van der Waals surface area contributed by atoms with Crippen LogP contribution in [0, 0.1) is 5.92 Å². The number of carbonyl (C=O) groups excluding carboxylic acids is 2. The monoisotopic (exact) mass is 434 g/mol. The van der Waals surface area contributed by atoms with Gasteiger partial charge in [-0.1, -0.05) is 13.8 Å². The molecule has 0 unspecified atom stereocenters. The number of alkyl halides is 2. The van der Waals surface area contributed by atoms with E-state index >= 15 is 0 Å². The quantitative estimate of drug-likeness (QED) is 0.512. The molecule has 0 aliphatic carbocycles. The number of carbonyl (C=O) groups is 2. The van der Waals surface area contributed by atoms with E-state index in [1.54, 1.807) is 20.8 Å². The molecule has 4 atom stereocenters. The molecule has 0 spiro atoms. The molecule has 2 heterocycles. The fourth-order valence-electron chi connectivity index (χ4n) is 2.57. The Morgan fingerprint density at radius 1 is 1.43 bits per heavy atom. The Morgan fingerprint density at radius 3 is 2.67 bits per heavy atom. The number of hydrogen-bond acceptors (Lipinski definition) is 9. The highest BCUT2D eigenvalue weighted by Gasteiger charge is 2.60. The fourth-order valence-corrected chi connectivity index (χ4v) is 2.57. The molecule has 1 aromatic rings. The van der Waals surface area contributed by atoms with E-state index in [1.165, 1.54) is 0 Å². The molecule has 4 N–H and O–H groups in total. The number of nitrogens with zero attached hydrogens (tertiary/aromatic N) is 2. The lowest BCUT2D eigenvalue weighted by Gasteiger charge is -2.21. The third kappa shape index (κ3) is 5.09. The fraction of sp³-hybridized carbons (Fsp3) is 0.647. The number of nitrogens with two attached hydrogens (primary N) is 1. The zero-order valence-electron chi connectivity index (χ0n) is 16.6. The maximum absolute atomic E-state index is 14.5. The molecular formula is C17H24F2N4O7.